The summed E-state index contributed by atoms with van der Waals surface area (Å²) in [4.78, 5) is 81.5. The highest BCUT2D eigenvalue weighted by molar-refractivity contribution is 6.06. The number of carbonyl (C=O) groups excluding carboxylic acids is 5. The molecule has 2 spiro atoms. The summed E-state index contributed by atoms with van der Waals surface area (Å²) in [6.07, 6.45) is 9.77. The van der Waals surface area contributed by atoms with E-state index in [1.807, 2.05) is 36.4 Å². The maximum Gasteiger partial charge on any atom is 0.256 e. The third-order valence-corrected chi connectivity index (χ3v) is 12.7. The van der Waals surface area contributed by atoms with Gasteiger partial charge in [0.2, 0.25) is 17.8 Å². The van der Waals surface area contributed by atoms with Gasteiger partial charge in [0.1, 0.15) is 5.82 Å². The van der Waals surface area contributed by atoms with Crippen LogP contribution in [0.25, 0.3) is 22.6 Å². The molecule has 0 radical (unpaired) electrons. The molecule has 0 saturated carbocycles. The molecule has 8 heterocycles. The molecule has 68 heavy (non-hydrogen) atoms. The minimum absolute atomic E-state index is 0.0667. The molecule has 4 aliphatic heterocycles. The summed E-state index contributed by atoms with van der Waals surface area (Å²) in [5.74, 6) is -0.419. The van der Waals surface area contributed by atoms with E-state index >= 15 is 0 Å². The summed E-state index contributed by atoms with van der Waals surface area (Å²) in [5.41, 5.74) is 8.14. The van der Waals surface area contributed by atoms with Crippen molar-refractivity contribution in [3.63, 3.8) is 0 Å². The molecule has 2 saturated heterocycles. The average Bonchev–Trinajstić information content (AvgIpc) is 4.05. The maximum absolute atomic E-state index is 12.8. The Morgan fingerprint density at radius 1 is 0.647 bits per heavy atom. The van der Waals surface area contributed by atoms with Crippen LogP contribution in [0.15, 0.2) is 117 Å². The smallest absolute Gasteiger partial charge is 0.256 e. The van der Waals surface area contributed by atoms with E-state index in [4.69, 9.17) is 0 Å². The number of aromatic nitrogens is 5. The van der Waals surface area contributed by atoms with Crippen LogP contribution in [-0.4, -0.2) is 93.7 Å². The van der Waals surface area contributed by atoms with Crippen molar-refractivity contribution >= 4 is 58.4 Å². The maximum atomic E-state index is 12.8. The number of hydrogen-bond acceptors (Lipinski definition) is 11. The first kappa shape index (κ1) is 45.0. The van der Waals surface area contributed by atoms with Crippen molar-refractivity contribution in [1.29, 1.82) is 0 Å². The SMILES string of the molecule is C=CC(=O)Nc1cccc(C(=O)Nc2cc(-c3cc4c([nH]3)C3(CCCNC3)CNC4=O)ccn2)c1.C=CC(=O)Nc1ccccc1Nc1nccc(-c2cc3c([nH]2)C2(CCCNC2)CNC3=O)n1. The van der Waals surface area contributed by atoms with Gasteiger partial charge in [-0.3, -0.25) is 24.0 Å². The number of fused-ring (bicyclic) bond motifs is 4. The van der Waals surface area contributed by atoms with Crippen molar-refractivity contribution < 1.29 is 24.0 Å². The number of rotatable bonds is 10. The summed E-state index contributed by atoms with van der Waals surface area (Å²) < 4.78 is 0. The quantitative estimate of drug-likeness (QED) is 0.0766. The molecule has 4 aliphatic rings. The minimum Gasteiger partial charge on any atom is -0.357 e. The van der Waals surface area contributed by atoms with Crippen molar-refractivity contribution in [1.82, 2.24) is 46.2 Å². The molecule has 2 unspecified atom stereocenters. The first-order valence-corrected chi connectivity index (χ1v) is 22.4. The predicted octanol–water partition coefficient (Wildman–Crippen LogP) is 5.52. The molecule has 0 aliphatic carbocycles. The number of benzene rings is 2. The molecule has 346 valence electrons. The summed E-state index contributed by atoms with van der Waals surface area (Å²) in [6.45, 7) is 11.7. The van der Waals surface area contributed by atoms with E-state index in [1.165, 1.54) is 6.08 Å². The molecule has 2 fully saturated rings. The number of nitrogens with zero attached hydrogens (tertiary/aromatic N) is 3. The van der Waals surface area contributed by atoms with Crippen LogP contribution in [0.4, 0.5) is 28.8 Å². The Hall–Kier alpha value is -8.22. The zero-order valence-corrected chi connectivity index (χ0v) is 37.2. The largest absolute Gasteiger partial charge is 0.357 e. The molecule has 10 N–H and O–H groups in total. The highest BCUT2D eigenvalue weighted by Gasteiger charge is 2.43. The topological polar surface area (TPSA) is 252 Å². The number of para-hydroxylation sites is 2. The third kappa shape index (κ3) is 9.40. The fraction of sp³-hybridized carbons (Fsp3) is 0.240. The van der Waals surface area contributed by atoms with E-state index in [0.29, 0.717) is 64.3 Å². The fourth-order valence-electron chi connectivity index (χ4n) is 9.29. The Bertz CT molecular complexity index is 2940. The molecule has 2 atom stereocenters. The van der Waals surface area contributed by atoms with Crippen molar-refractivity contribution in [3.05, 3.63) is 145 Å². The van der Waals surface area contributed by atoms with Crippen LogP contribution in [0.2, 0.25) is 0 Å². The molecule has 4 aromatic heterocycles. The number of amides is 5. The van der Waals surface area contributed by atoms with Gasteiger partial charge in [-0.2, -0.15) is 0 Å². The van der Waals surface area contributed by atoms with E-state index in [9.17, 15) is 24.0 Å². The van der Waals surface area contributed by atoms with Crippen molar-refractivity contribution in [2.24, 2.45) is 0 Å². The van der Waals surface area contributed by atoms with Crippen LogP contribution in [-0.2, 0) is 20.4 Å². The van der Waals surface area contributed by atoms with E-state index in [0.717, 1.165) is 86.3 Å². The van der Waals surface area contributed by atoms with E-state index < -0.39 is 0 Å². The predicted molar refractivity (Wildman–Crippen MR) is 260 cm³/mol. The van der Waals surface area contributed by atoms with Crippen LogP contribution >= 0.6 is 0 Å². The molecule has 18 heteroatoms. The second-order valence-corrected chi connectivity index (χ2v) is 17.2. The van der Waals surface area contributed by atoms with E-state index in [-0.39, 0.29) is 40.4 Å². The molecule has 6 aromatic rings. The van der Waals surface area contributed by atoms with Gasteiger partial charge in [0.05, 0.1) is 33.9 Å². The lowest BCUT2D eigenvalue weighted by Crippen LogP contribution is -2.54. The van der Waals surface area contributed by atoms with Crippen LogP contribution < -0.4 is 42.5 Å². The van der Waals surface area contributed by atoms with Gasteiger partial charge in [0.15, 0.2) is 0 Å². The van der Waals surface area contributed by atoms with Crippen LogP contribution in [0, 0.1) is 0 Å². The summed E-state index contributed by atoms with van der Waals surface area (Å²) in [7, 11) is 0. The van der Waals surface area contributed by atoms with Crippen LogP contribution in [0.1, 0.15) is 68.1 Å². The number of H-pyrrole nitrogens is 2. The number of hydrogen-bond donors (Lipinski definition) is 10. The lowest BCUT2D eigenvalue weighted by atomic mass is 9.74. The molecular formula is C50H51N13O5. The Labute approximate surface area is 391 Å². The highest BCUT2D eigenvalue weighted by Crippen LogP contribution is 2.39. The summed E-state index contributed by atoms with van der Waals surface area (Å²) >= 11 is 0. The molecule has 18 nitrogen and oxygen atoms in total. The lowest BCUT2D eigenvalue weighted by Gasteiger charge is -2.40. The van der Waals surface area contributed by atoms with Crippen molar-refractivity contribution in [3.8, 4) is 22.6 Å². The van der Waals surface area contributed by atoms with Gasteiger partial charge >= 0.3 is 0 Å². The number of nitrogens with one attached hydrogen (secondary N) is 10. The monoisotopic (exact) mass is 913 g/mol. The van der Waals surface area contributed by atoms with Gasteiger partial charge in [-0.1, -0.05) is 31.4 Å². The normalized spacial score (nSPS) is 19.2. The summed E-state index contributed by atoms with van der Waals surface area (Å²) in [5, 5.41) is 24.4. The number of piperidine rings is 2. The lowest BCUT2D eigenvalue weighted by molar-refractivity contribution is -0.112. The van der Waals surface area contributed by atoms with Gasteiger partial charge in [0, 0.05) is 83.3 Å². The molecular weight excluding hydrogens is 863 g/mol. The standard InChI is InChI=1S/C26H26N6O3.C24H25N7O2/c1-2-22(33)30-18-6-3-5-17(11-18)24(34)32-21-12-16(7-10-28-21)20-13-19-23(31-20)26(15-29-25(19)35)8-4-9-27-14-26;1-2-20(32)28-16-6-3-4-7-17(16)30-23-26-11-8-18(31-23)19-12-15-21(29-19)24(14-27-22(15)33)9-5-10-25-13-24/h2-3,5-7,10-13,27,31H,1,4,8-9,14-15H2,(H,29,35)(H,30,33)(H,28,32,34);2-4,6-8,11-12,25,29H,1,5,9-10,13-14H2,(H,27,33)(H,28,32)(H,26,30,31). The first-order chi connectivity index (χ1) is 33.0. The number of pyridine rings is 1. The van der Waals surface area contributed by atoms with Crippen LogP contribution in [0.5, 0.6) is 0 Å². The van der Waals surface area contributed by atoms with Crippen molar-refractivity contribution in [2.45, 2.75) is 36.5 Å². The second kappa shape index (κ2) is 19.3. The van der Waals surface area contributed by atoms with E-state index in [2.05, 4.69) is 80.6 Å². The Morgan fingerprint density at radius 2 is 1.28 bits per heavy atom. The Kier molecular flexibility index (Phi) is 12.8. The average molecular weight is 914 g/mol. The van der Waals surface area contributed by atoms with Gasteiger partial charge in [0.25, 0.3) is 17.7 Å². The zero-order chi connectivity index (χ0) is 47.3. The van der Waals surface area contributed by atoms with Crippen LogP contribution in [0.3, 0.4) is 0 Å². The molecule has 2 aromatic carbocycles. The molecule has 5 amide bonds. The number of anilines is 5. The number of aromatic amines is 2. The van der Waals surface area contributed by atoms with Crippen molar-refractivity contribution in [2.75, 3.05) is 60.5 Å². The van der Waals surface area contributed by atoms with Gasteiger partial charge in [-0.15, -0.1) is 0 Å². The number of carbonyl (C=O) groups is 5. The zero-order valence-electron chi connectivity index (χ0n) is 37.2. The second-order valence-electron chi connectivity index (χ2n) is 17.2. The molecule has 10 rings (SSSR count). The Morgan fingerprint density at radius 3 is 1.94 bits per heavy atom. The molecule has 0 bridgehead atoms. The van der Waals surface area contributed by atoms with Gasteiger partial charge in [-0.25, -0.2) is 15.0 Å². The minimum atomic E-state index is -0.359. The third-order valence-electron chi connectivity index (χ3n) is 12.7. The summed E-state index contributed by atoms with van der Waals surface area (Å²) in [6, 6.07) is 23.0. The fourth-order valence-corrected chi connectivity index (χ4v) is 9.29. The first-order valence-electron chi connectivity index (χ1n) is 22.4. The Balaban J connectivity index is 0.000000170. The van der Waals surface area contributed by atoms with Gasteiger partial charge in [-0.05, 0) is 112 Å². The van der Waals surface area contributed by atoms with Gasteiger partial charge < -0.3 is 52.5 Å². The van der Waals surface area contributed by atoms with E-state index in [1.54, 1.807) is 54.9 Å². The highest BCUT2D eigenvalue weighted by atomic mass is 16.2.